The number of carboxylic acids is 1. The van der Waals surface area contributed by atoms with Gasteiger partial charge in [-0.2, -0.15) is 0 Å². The van der Waals surface area contributed by atoms with Gasteiger partial charge in [0.05, 0.1) is 0 Å². The molecule has 2 rings (SSSR count). The third-order valence-electron chi connectivity index (χ3n) is 2.56. The average molecular weight is 249 g/mol. The highest BCUT2D eigenvalue weighted by Gasteiger charge is 2.24. The van der Waals surface area contributed by atoms with Crippen molar-refractivity contribution < 1.29 is 18.8 Å². The van der Waals surface area contributed by atoms with E-state index in [-0.39, 0.29) is 5.76 Å². The Kier molecular flexibility index (Phi) is 2.90. The number of nitrogens with zero attached hydrogens (tertiary/aromatic N) is 1. The SMILES string of the molecule is CC(C)(F)c1ccccc1-c1cc(C(=O)O)on1. The fraction of sp³-hybridized carbons (Fsp3) is 0.231. The molecule has 0 fully saturated rings. The van der Waals surface area contributed by atoms with Crippen molar-refractivity contribution in [1.29, 1.82) is 0 Å². The van der Waals surface area contributed by atoms with Crippen LogP contribution >= 0.6 is 0 Å². The Morgan fingerprint density at radius 1 is 1.39 bits per heavy atom. The maximum absolute atomic E-state index is 14.1. The maximum Gasteiger partial charge on any atom is 0.374 e. The molecule has 4 nitrogen and oxygen atoms in total. The van der Waals surface area contributed by atoms with Gasteiger partial charge in [-0.05, 0) is 19.4 Å². The smallest absolute Gasteiger partial charge is 0.374 e. The lowest BCUT2D eigenvalue weighted by molar-refractivity contribution is 0.0652. The molecule has 0 bridgehead atoms. The van der Waals surface area contributed by atoms with Gasteiger partial charge in [0.2, 0.25) is 5.76 Å². The van der Waals surface area contributed by atoms with Crippen LogP contribution in [0.15, 0.2) is 34.9 Å². The molecular formula is C13H12FNO3. The van der Waals surface area contributed by atoms with Crippen molar-refractivity contribution in [2.75, 3.05) is 0 Å². The summed E-state index contributed by atoms with van der Waals surface area (Å²) >= 11 is 0. The Morgan fingerprint density at radius 2 is 2.06 bits per heavy atom. The van der Waals surface area contributed by atoms with E-state index in [2.05, 4.69) is 9.68 Å². The molecule has 1 N–H and O–H groups in total. The first-order valence-corrected chi connectivity index (χ1v) is 5.38. The second kappa shape index (κ2) is 4.25. The zero-order valence-electron chi connectivity index (χ0n) is 9.98. The minimum absolute atomic E-state index is 0.267. The quantitative estimate of drug-likeness (QED) is 0.906. The van der Waals surface area contributed by atoms with E-state index in [1.165, 1.54) is 19.9 Å². The standard InChI is InChI=1S/C13H12FNO3/c1-13(2,14)9-6-4-3-5-8(9)10-7-11(12(16)17)18-15-10/h3-7H,1-2H3,(H,16,17). The van der Waals surface area contributed by atoms with Crippen LogP contribution in [0.4, 0.5) is 4.39 Å². The number of hydrogen-bond donors (Lipinski definition) is 1. The molecule has 0 spiro atoms. The number of carbonyl (C=O) groups is 1. The van der Waals surface area contributed by atoms with Crippen molar-refractivity contribution in [2.45, 2.75) is 19.5 Å². The zero-order valence-corrected chi connectivity index (χ0v) is 9.98. The molecule has 1 aromatic heterocycles. The van der Waals surface area contributed by atoms with Crippen molar-refractivity contribution in [3.05, 3.63) is 41.7 Å². The first kappa shape index (κ1) is 12.3. The van der Waals surface area contributed by atoms with Gasteiger partial charge in [-0.15, -0.1) is 0 Å². The van der Waals surface area contributed by atoms with Crippen LogP contribution in [0.1, 0.15) is 30.0 Å². The number of rotatable bonds is 3. The van der Waals surface area contributed by atoms with Gasteiger partial charge in [-0.25, -0.2) is 9.18 Å². The van der Waals surface area contributed by atoms with Crippen LogP contribution in [-0.2, 0) is 5.67 Å². The predicted molar refractivity (Wildman–Crippen MR) is 63.0 cm³/mol. The third-order valence-corrected chi connectivity index (χ3v) is 2.56. The van der Waals surface area contributed by atoms with Gasteiger partial charge < -0.3 is 9.63 Å². The number of aromatic carboxylic acids is 1. The van der Waals surface area contributed by atoms with E-state index in [0.29, 0.717) is 16.8 Å². The van der Waals surface area contributed by atoms with Crippen molar-refractivity contribution in [3.8, 4) is 11.3 Å². The van der Waals surface area contributed by atoms with E-state index < -0.39 is 11.6 Å². The lowest BCUT2D eigenvalue weighted by atomic mass is 9.93. The summed E-state index contributed by atoms with van der Waals surface area (Å²) in [5, 5.41) is 12.4. The fourth-order valence-corrected chi connectivity index (χ4v) is 1.73. The van der Waals surface area contributed by atoms with Crippen LogP contribution < -0.4 is 0 Å². The van der Waals surface area contributed by atoms with Gasteiger partial charge >= 0.3 is 5.97 Å². The number of benzene rings is 1. The lowest BCUT2D eigenvalue weighted by Gasteiger charge is -2.17. The van der Waals surface area contributed by atoms with Gasteiger partial charge in [0.1, 0.15) is 11.4 Å². The number of carboxylic acid groups (broad SMARTS) is 1. The summed E-state index contributed by atoms with van der Waals surface area (Å²) in [6, 6.07) is 8.07. The Balaban J connectivity index is 2.53. The highest BCUT2D eigenvalue weighted by molar-refractivity contribution is 5.85. The molecule has 0 saturated heterocycles. The second-order valence-corrected chi connectivity index (χ2v) is 4.40. The predicted octanol–water partition coefficient (Wildman–Crippen LogP) is 3.24. The summed E-state index contributed by atoms with van der Waals surface area (Å²) in [6.07, 6.45) is 0. The van der Waals surface area contributed by atoms with Crippen LogP contribution in [0.5, 0.6) is 0 Å². The van der Waals surface area contributed by atoms with Gasteiger partial charge in [0.15, 0.2) is 0 Å². The van der Waals surface area contributed by atoms with Crippen molar-refractivity contribution in [2.24, 2.45) is 0 Å². The fourth-order valence-electron chi connectivity index (χ4n) is 1.73. The minimum atomic E-state index is -1.54. The van der Waals surface area contributed by atoms with Gasteiger partial charge in [0.25, 0.3) is 0 Å². The summed E-state index contributed by atoms with van der Waals surface area (Å²) in [5.41, 5.74) is -0.260. The summed E-state index contributed by atoms with van der Waals surface area (Å²) in [4.78, 5) is 10.7. The van der Waals surface area contributed by atoms with Crippen LogP contribution in [0.2, 0.25) is 0 Å². The van der Waals surface area contributed by atoms with E-state index in [4.69, 9.17) is 5.11 Å². The van der Waals surface area contributed by atoms with Crippen LogP contribution in [0.25, 0.3) is 11.3 Å². The Labute approximate surface area is 103 Å². The summed E-state index contributed by atoms with van der Waals surface area (Å²) < 4.78 is 18.7. The molecule has 5 heteroatoms. The van der Waals surface area contributed by atoms with Gasteiger partial charge in [-0.1, -0.05) is 29.4 Å². The molecule has 18 heavy (non-hydrogen) atoms. The molecule has 0 atom stereocenters. The Hall–Kier alpha value is -2.17. The Bertz CT molecular complexity index is 584. The van der Waals surface area contributed by atoms with E-state index in [0.717, 1.165) is 0 Å². The van der Waals surface area contributed by atoms with E-state index in [1.54, 1.807) is 24.3 Å². The molecule has 0 unspecified atom stereocenters. The number of hydrogen-bond acceptors (Lipinski definition) is 3. The summed E-state index contributed by atoms with van der Waals surface area (Å²) in [5.74, 6) is -1.47. The van der Waals surface area contributed by atoms with Crippen LogP contribution in [0, 0.1) is 0 Å². The third kappa shape index (κ3) is 2.25. The molecule has 0 radical (unpaired) electrons. The first-order chi connectivity index (χ1) is 8.39. The van der Waals surface area contributed by atoms with Crippen LogP contribution in [0.3, 0.4) is 0 Å². The Morgan fingerprint density at radius 3 is 2.61 bits per heavy atom. The summed E-state index contributed by atoms with van der Waals surface area (Å²) in [6.45, 7) is 2.87. The lowest BCUT2D eigenvalue weighted by Crippen LogP contribution is -2.10. The molecule has 1 aromatic carbocycles. The topological polar surface area (TPSA) is 63.3 Å². The molecule has 94 valence electrons. The highest BCUT2D eigenvalue weighted by Crippen LogP contribution is 2.33. The number of aromatic nitrogens is 1. The largest absolute Gasteiger partial charge is 0.475 e. The number of halogens is 1. The molecule has 0 aliphatic carbocycles. The molecular weight excluding hydrogens is 237 g/mol. The van der Waals surface area contributed by atoms with E-state index in [1.807, 2.05) is 0 Å². The highest BCUT2D eigenvalue weighted by atomic mass is 19.1. The summed E-state index contributed by atoms with van der Waals surface area (Å²) in [7, 11) is 0. The maximum atomic E-state index is 14.1. The average Bonchev–Trinajstić information content (AvgIpc) is 2.77. The molecule has 0 amide bonds. The monoisotopic (exact) mass is 249 g/mol. The molecule has 0 aliphatic rings. The second-order valence-electron chi connectivity index (χ2n) is 4.40. The van der Waals surface area contributed by atoms with Crippen LogP contribution in [-0.4, -0.2) is 16.2 Å². The molecule has 0 saturated carbocycles. The normalized spacial score (nSPS) is 11.5. The van der Waals surface area contributed by atoms with Gasteiger partial charge in [0, 0.05) is 11.6 Å². The zero-order chi connectivity index (χ0) is 13.3. The molecule has 2 aromatic rings. The van der Waals surface area contributed by atoms with Crippen molar-refractivity contribution >= 4 is 5.97 Å². The van der Waals surface area contributed by atoms with Crippen molar-refractivity contribution in [1.82, 2.24) is 5.16 Å². The van der Waals surface area contributed by atoms with Gasteiger partial charge in [-0.3, -0.25) is 0 Å². The van der Waals surface area contributed by atoms with Crippen molar-refractivity contribution in [3.63, 3.8) is 0 Å². The van der Waals surface area contributed by atoms with E-state index >= 15 is 0 Å². The molecule has 0 aliphatic heterocycles. The number of alkyl halides is 1. The molecule has 1 heterocycles. The minimum Gasteiger partial charge on any atom is -0.475 e. The first-order valence-electron chi connectivity index (χ1n) is 5.38. The van der Waals surface area contributed by atoms with E-state index in [9.17, 15) is 9.18 Å².